The van der Waals surface area contributed by atoms with Gasteiger partial charge < -0.3 is 10.1 Å². The molecule has 0 amide bonds. The molecule has 0 saturated carbocycles. The molecule has 1 heterocycles. The Labute approximate surface area is 169 Å². The Balaban J connectivity index is 1.90. The third-order valence-corrected chi connectivity index (χ3v) is 5.17. The summed E-state index contributed by atoms with van der Waals surface area (Å²) >= 11 is 0. The average molecular weight is 387 g/mol. The summed E-state index contributed by atoms with van der Waals surface area (Å²) in [5, 5.41) is 8.29. The van der Waals surface area contributed by atoms with Gasteiger partial charge in [0.25, 0.3) is 0 Å². The van der Waals surface area contributed by atoms with Crippen LogP contribution in [0.1, 0.15) is 90.0 Å². The Morgan fingerprint density at radius 3 is 2.39 bits per heavy atom. The number of hydrogen-bond donors (Lipinski definition) is 1. The summed E-state index contributed by atoms with van der Waals surface area (Å²) in [6.45, 7) is 4.93. The summed E-state index contributed by atoms with van der Waals surface area (Å²) in [4.78, 5) is 4.49. The fourth-order valence-electron chi connectivity index (χ4n) is 3.39. The summed E-state index contributed by atoms with van der Waals surface area (Å²) in [6, 6.07) is 5.07. The lowest BCUT2D eigenvalue weighted by atomic mass is 9.94. The van der Waals surface area contributed by atoms with Crippen molar-refractivity contribution >= 4 is 17.0 Å². The number of allylic oxidation sites excluding steroid dienone is 1. The van der Waals surface area contributed by atoms with E-state index < -0.39 is 0 Å². The van der Waals surface area contributed by atoms with Gasteiger partial charge >= 0.3 is 0 Å². The minimum Gasteiger partial charge on any atom is -0.491 e. The number of halogens is 1. The minimum absolute atomic E-state index is 0.308. The summed E-state index contributed by atoms with van der Waals surface area (Å²) in [5.74, 6) is -0.0332. The van der Waals surface area contributed by atoms with Crippen molar-refractivity contribution in [1.29, 1.82) is 5.41 Å². The highest BCUT2D eigenvalue weighted by Gasteiger charge is 2.16. The Bertz CT molecular complexity index is 694. The molecule has 3 nitrogen and oxygen atoms in total. The Morgan fingerprint density at radius 1 is 1.00 bits per heavy atom. The van der Waals surface area contributed by atoms with Gasteiger partial charge in [-0.3, -0.25) is 4.99 Å². The maximum Gasteiger partial charge on any atom is 0.165 e. The SMILES string of the molecule is CCCCCCCC1=NC=C(c2ccc(OCCCCCC)c(F)c2)CC1=N. The van der Waals surface area contributed by atoms with E-state index >= 15 is 0 Å². The molecule has 1 aromatic carbocycles. The van der Waals surface area contributed by atoms with Crippen LogP contribution in [0.3, 0.4) is 0 Å². The molecular weight excluding hydrogens is 351 g/mol. The molecule has 28 heavy (non-hydrogen) atoms. The first kappa shape index (κ1) is 22.3. The molecular formula is C24H35FN2O. The Hall–Kier alpha value is -1.97. The van der Waals surface area contributed by atoms with Gasteiger partial charge in [0, 0.05) is 12.6 Å². The van der Waals surface area contributed by atoms with Crippen molar-refractivity contribution in [2.75, 3.05) is 6.61 Å². The zero-order chi connectivity index (χ0) is 20.2. The molecule has 1 aromatic rings. The molecule has 0 atom stereocenters. The van der Waals surface area contributed by atoms with Crippen LogP contribution >= 0.6 is 0 Å². The molecule has 1 aliphatic rings. The van der Waals surface area contributed by atoms with Crippen molar-refractivity contribution < 1.29 is 9.13 Å². The van der Waals surface area contributed by atoms with Crippen molar-refractivity contribution in [3.05, 3.63) is 35.8 Å². The van der Waals surface area contributed by atoms with E-state index in [0.29, 0.717) is 24.5 Å². The predicted molar refractivity (Wildman–Crippen MR) is 117 cm³/mol. The molecule has 1 N–H and O–H groups in total. The molecule has 0 fully saturated rings. The first-order valence-electron chi connectivity index (χ1n) is 10.9. The van der Waals surface area contributed by atoms with E-state index in [1.807, 2.05) is 6.07 Å². The van der Waals surface area contributed by atoms with Gasteiger partial charge in [-0.1, -0.05) is 64.9 Å². The van der Waals surface area contributed by atoms with Crippen LogP contribution in [-0.4, -0.2) is 18.0 Å². The van der Waals surface area contributed by atoms with Crippen LogP contribution in [0.2, 0.25) is 0 Å². The normalized spacial score (nSPS) is 14.0. The van der Waals surface area contributed by atoms with E-state index in [9.17, 15) is 4.39 Å². The topological polar surface area (TPSA) is 45.4 Å². The predicted octanol–water partition coefficient (Wildman–Crippen LogP) is 7.35. The molecule has 154 valence electrons. The highest BCUT2D eigenvalue weighted by atomic mass is 19.1. The van der Waals surface area contributed by atoms with Gasteiger partial charge in [-0.15, -0.1) is 0 Å². The molecule has 0 saturated heterocycles. The quantitative estimate of drug-likeness (QED) is 0.354. The fourth-order valence-corrected chi connectivity index (χ4v) is 3.39. The number of hydrogen-bond acceptors (Lipinski definition) is 3. The zero-order valence-electron chi connectivity index (χ0n) is 17.5. The third kappa shape index (κ3) is 7.21. The first-order chi connectivity index (χ1) is 13.7. The molecule has 0 aromatic heterocycles. The molecule has 2 rings (SSSR count). The van der Waals surface area contributed by atoms with Gasteiger partial charge in [0.15, 0.2) is 11.6 Å². The van der Waals surface area contributed by atoms with Crippen LogP contribution in [0.4, 0.5) is 4.39 Å². The Kier molecular flexibility index (Phi) is 9.95. The van der Waals surface area contributed by atoms with Crippen LogP contribution in [0.5, 0.6) is 5.75 Å². The van der Waals surface area contributed by atoms with Gasteiger partial charge in [0.1, 0.15) is 0 Å². The summed E-state index contributed by atoms with van der Waals surface area (Å²) in [6.07, 6.45) is 13.7. The van der Waals surface area contributed by atoms with Crippen molar-refractivity contribution in [2.24, 2.45) is 4.99 Å². The second-order valence-electron chi connectivity index (χ2n) is 7.60. The number of benzene rings is 1. The lowest BCUT2D eigenvalue weighted by molar-refractivity contribution is 0.290. The average Bonchev–Trinajstić information content (AvgIpc) is 2.69. The maximum absolute atomic E-state index is 14.4. The van der Waals surface area contributed by atoms with E-state index in [1.54, 1.807) is 12.3 Å². The number of unbranched alkanes of at least 4 members (excludes halogenated alkanes) is 7. The molecule has 0 spiro atoms. The molecule has 0 radical (unpaired) electrons. The second-order valence-corrected chi connectivity index (χ2v) is 7.60. The number of nitrogens with one attached hydrogen (secondary N) is 1. The summed E-state index contributed by atoms with van der Waals surface area (Å²) in [7, 11) is 0. The van der Waals surface area contributed by atoms with E-state index in [-0.39, 0.29) is 5.82 Å². The van der Waals surface area contributed by atoms with E-state index in [1.165, 1.54) is 44.6 Å². The minimum atomic E-state index is -0.342. The highest BCUT2D eigenvalue weighted by molar-refractivity contribution is 6.43. The highest BCUT2D eigenvalue weighted by Crippen LogP contribution is 2.27. The first-order valence-corrected chi connectivity index (χ1v) is 10.9. The number of ether oxygens (including phenoxy) is 1. The van der Waals surface area contributed by atoms with E-state index in [2.05, 4.69) is 18.8 Å². The third-order valence-electron chi connectivity index (χ3n) is 5.17. The van der Waals surface area contributed by atoms with Crippen molar-refractivity contribution in [3.63, 3.8) is 0 Å². The molecule has 0 aliphatic carbocycles. The zero-order valence-corrected chi connectivity index (χ0v) is 17.5. The maximum atomic E-state index is 14.4. The van der Waals surface area contributed by atoms with Crippen LogP contribution in [0, 0.1) is 11.2 Å². The number of aliphatic imine (C=N–C) groups is 1. The number of nitrogens with zero attached hydrogens (tertiary/aromatic N) is 1. The van der Waals surface area contributed by atoms with Gasteiger partial charge in [0.05, 0.1) is 18.0 Å². The Morgan fingerprint density at radius 2 is 1.71 bits per heavy atom. The molecule has 4 heteroatoms. The van der Waals surface area contributed by atoms with E-state index in [4.69, 9.17) is 10.1 Å². The molecule has 1 aliphatic heterocycles. The van der Waals surface area contributed by atoms with Crippen molar-refractivity contribution in [2.45, 2.75) is 84.5 Å². The standard InChI is InChI=1S/C24H35FN2O/c1-3-5-7-9-10-12-23-22(26)17-20(18-27-23)19-13-14-24(21(25)16-19)28-15-11-8-6-4-2/h13-14,16,18,26H,3-12,15,17H2,1-2H3. The van der Waals surface area contributed by atoms with Crippen molar-refractivity contribution in [1.82, 2.24) is 0 Å². The van der Waals surface area contributed by atoms with Crippen molar-refractivity contribution in [3.8, 4) is 5.75 Å². The molecule has 0 unspecified atom stereocenters. The van der Waals surface area contributed by atoms with Crippen LogP contribution in [0.15, 0.2) is 29.4 Å². The van der Waals surface area contributed by atoms with Crippen LogP contribution in [0.25, 0.3) is 5.57 Å². The number of rotatable bonds is 13. The van der Waals surface area contributed by atoms with Crippen LogP contribution in [-0.2, 0) is 0 Å². The van der Waals surface area contributed by atoms with E-state index in [0.717, 1.165) is 42.5 Å². The monoisotopic (exact) mass is 386 g/mol. The summed E-state index contributed by atoms with van der Waals surface area (Å²) in [5.41, 5.74) is 3.12. The van der Waals surface area contributed by atoms with Gasteiger partial charge in [-0.05, 0) is 42.5 Å². The smallest absolute Gasteiger partial charge is 0.165 e. The summed E-state index contributed by atoms with van der Waals surface area (Å²) < 4.78 is 20.0. The van der Waals surface area contributed by atoms with Gasteiger partial charge in [-0.25, -0.2) is 4.39 Å². The largest absolute Gasteiger partial charge is 0.491 e. The fraction of sp³-hybridized carbons (Fsp3) is 0.583. The van der Waals surface area contributed by atoms with Gasteiger partial charge in [-0.2, -0.15) is 0 Å². The van der Waals surface area contributed by atoms with Gasteiger partial charge in [0.2, 0.25) is 0 Å². The molecule has 0 bridgehead atoms. The lowest BCUT2D eigenvalue weighted by Crippen LogP contribution is -2.16. The second kappa shape index (κ2) is 12.5. The van der Waals surface area contributed by atoms with Crippen LogP contribution < -0.4 is 4.74 Å². The lowest BCUT2D eigenvalue weighted by Gasteiger charge is -2.16.